The SMILES string of the molecule is CCn1c(NC(=O)C2CCN(C(=O)c3cccc4ccccc34)CC2)nc2ccccc21. The van der Waals surface area contributed by atoms with Crippen LogP contribution in [0.2, 0.25) is 0 Å². The van der Waals surface area contributed by atoms with Crippen LogP contribution in [0, 0.1) is 5.92 Å². The van der Waals surface area contributed by atoms with Gasteiger partial charge in [0.1, 0.15) is 0 Å². The molecule has 4 aromatic rings. The van der Waals surface area contributed by atoms with E-state index < -0.39 is 0 Å². The molecule has 0 bridgehead atoms. The topological polar surface area (TPSA) is 67.2 Å². The Labute approximate surface area is 186 Å². The summed E-state index contributed by atoms with van der Waals surface area (Å²) < 4.78 is 2.02. The van der Waals surface area contributed by atoms with Crippen LogP contribution in [-0.4, -0.2) is 39.4 Å². The number of para-hydroxylation sites is 2. The van der Waals surface area contributed by atoms with Gasteiger partial charge >= 0.3 is 0 Å². The summed E-state index contributed by atoms with van der Waals surface area (Å²) in [6.07, 6.45) is 1.30. The van der Waals surface area contributed by atoms with Gasteiger partial charge in [0, 0.05) is 31.1 Å². The van der Waals surface area contributed by atoms with E-state index in [0.717, 1.165) is 33.9 Å². The molecule has 6 heteroatoms. The number of nitrogens with one attached hydrogen (secondary N) is 1. The first kappa shape index (κ1) is 20.2. The second-order valence-corrected chi connectivity index (χ2v) is 8.25. The van der Waals surface area contributed by atoms with Crippen molar-refractivity contribution in [2.24, 2.45) is 5.92 Å². The first-order valence-electron chi connectivity index (χ1n) is 11.2. The summed E-state index contributed by atoms with van der Waals surface area (Å²) in [5.74, 6) is 0.477. The summed E-state index contributed by atoms with van der Waals surface area (Å²) in [6, 6.07) is 21.7. The zero-order valence-electron chi connectivity index (χ0n) is 18.1. The molecular formula is C26H26N4O2. The Hall–Kier alpha value is -3.67. The molecule has 1 fully saturated rings. The molecule has 0 saturated carbocycles. The number of carbonyl (C=O) groups is 2. The lowest BCUT2D eigenvalue weighted by atomic mass is 9.95. The summed E-state index contributed by atoms with van der Waals surface area (Å²) in [6.45, 7) is 3.92. The number of imidazole rings is 1. The maximum absolute atomic E-state index is 13.2. The number of piperidine rings is 1. The zero-order chi connectivity index (χ0) is 22.1. The van der Waals surface area contributed by atoms with Crippen molar-refractivity contribution >= 4 is 39.6 Å². The van der Waals surface area contributed by atoms with Gasteiger partial charge in [0.2, 0.25) is 11.9 Å². The van der Waals surface area contributed by atoms with Crippen molar-refractivity contribution in [3.05, 3.63) is 72.3 Å². The van der Waals surface area contributed by atoms with E-state index in [2.05, 4.69) is 10.3 Å². The fourth-order valence-corrected chi connectivity index (χ4v) is 4.63. The third-order valence-corrected chi connectivity index (χ3v) is 6.38. The number of anilines is 1. The Morgan fingerprint density at radius 1 is 0.969 bits per heavy atom. The van der Waals surface area contributed by atoms with Gasteiger partial charge < -0.3 is 9.47 Å². The van der Waals surface area contributed by atoms with E-state index in [9.17, 15) is 9.59 Å². The van der Waals surface area contributed by atoms with Gasteiger partial charge in [-0.2, -0.15) is 0 Å². The number of likely N-dealkylation sites (tertiary alicyclic amines) is 1. The first-order chi connectivity index (χ1) is 15.7. The minimum atomic E-state index is -0.128. The van der Waals surface area contributed by atoms with Gasteiger partial charge in [-0.25, -0.2) is 4.98 Å². The molecule has 1 saturated heterocycles. The van der Waals surface area contributed by atoms with Crippen molar-refractivity contribution in [1.82, 2.24) is 14.5 Å². The molecule has 5 rings (SSSR count). The van der Waals surface area contributed by atoms with Crippen LogP contribution in [0.25, 0.3) is 21.8 Å². The third-order valence-electron chi connectivity index (χ3n) is 6.38. The highest BCUT2D eigenvalue weighted by Crippen LogP contribution is 2.25. The van der Waals surface area contributed by atoms with Gasteiger partial charge in [0.05, 0.1) is 11.0 Å². The van der Waals surface area contributed by atoms with Crippen LogP contribution in [0.5, 0.6) is 0 Å². The van der Waals surface area contributed by atoms with Crippen molar-refractivity contribution in [1.29, 1.82) is 0 Å². The predicted molar refractivity (Wildman–Crippen MR) is 127 cm³/mol. The van der Waals surface area contributed by atoms with Crippen LogP contribution >= 0.6 is 0 Å². The van der Waals surface area contributed by atoms with E-state index in [1.54, 1.807) is 0 Å². The predicted octanol–water partition coefficient (Wildman–Crippen LogP) is 4.70. The van der Waals surface area contributed by atoms with E-state index in [1.807, 2.05) is 83.1 Å². The minimum absolute atomic E-state index is 0.0210. The molecule has 0 aliphatic carbocycles. The maximum Gasteiger partial charge on any atom is 0.254 e. The molecule has 32 heavy (non-hydrogen) atoms. The lowest BCUT2D eigenvalue weighted by Gasteiger charge is -2.31. The highest BCUT2D eigenvalue weighted by molar-refractivity contribution is 6.07. The van der Waals surface area contributed by atoms with E-state index in [-0.39, 0.29) is 17.7 Å². The normalized spacial score (nSPS) is 14.7. The monoisotopic (exact) mass is 426 g/mol. The summed E-state index contributed by atoms with van der Waals surface area (Å²) in [5.41, 5.74) is 2.61. The van der Waals surface area contributed by atoms with E-state index in [4.69, 9.17) is 0 Å². The maximum atomic E-state index is 13.2. The van der Waals surface area contributed by atoms with Crippen molar-refractivity contribution < 1.29 is 9.59 Å². The molecule has 0 radical (unpaired) electrons. The number of benzene rings is 3. The number of hydrogen-bond acceptors (Lipinski definition) is 3. The summed E-state index contributed by atoms with van der Waals surface area (Å²) in [4.78, 5) is 32.6. The smallest absolute Gasteiger partial charge is 0.254 e. The molecule has 162 valence electrons. The van der Waals surface area contributed by atoms with Crippen molar-refractivity contribution in [2.75, 3.05) is 18.4 Å². The molecule has 0 atom stereocenters. The van der Waals surface area contributed by atoms with Crippen molar-refractivity contribution in [3.8, 4) is 0 Å². The summed E-state index contributed by atoms with van der Waals surface area (Å²) in [7, 11) is 0. The van der Waals surface area contributed by atoms with E-state index in [1.165, 1.54) is 0 Å². The number of hydrogen-bond donors (Lipinski definition) is 1. The Balaban J connectivity index is 1.27. The molecule has 1 aromatic heterocycles. The minimum Gasteiger partial charge on any atom is -0.339 e. The van der Waals surface area contributed by atoms with Crippen LogP contribution in [0.1, 0.15) is 30.1 Å². The van der Waals surface area contributed by atoms with Gasteiger partial charge in [-0.3, -0.25) is 14.9 Å². The standard InChI is InChI=1S/C26H26N4O2/c1-2-30-23-13-6-5-12-22(23)27-26(30)28-24(31)19-14-16-29(17-15-19)25(32)21-11-7-9-18-8-3-4-10-20(18)21/h3-13,19H,2,14-17H2,1H3,(H,27,28,31). The average Bonchev–Trinajstić information content (AvgIpc) is 3.20. The van der Waals surface area contributed by atoms with Gasteiger partial charge in [-0.1, -0.05) is 48.5 Å². The highest BCUT2D eigenvalue weighted by atomic mass is 16.2. The number of rotatable bonds is 4. The Morgan fingerprint density at radius 2 is 1.69 bits per heavy atom. The fraction of sp³-hybridized carbons (Fsp3) is 0.269. The van der Waals surface area contributed by atoms with Crippen LogP contribution < -0.4 is 5.32 Å². The lowest BCUT2D eigenvalue weighted by molar-refractivity contribution is -0.121. The first-order valence-corrected chi connectivity index (χ1v) is 11.2. The number of amides is 2. The second kappa shape index (κ2) is 8.46. The molecular weight excluding hydrogens is 400 g/mol. The van der Waals surface area contributed by atoms with Crippen LogP contribution in [0.3, 0.4) is 0 Å². The van der Waals surface area contributed by atoms with Crippen molar-refractivity contribution in [3.63, 3.8) is 0 Å². The summed E-state index contributed by atoms with van der Waals surface area (Å²) in [5, 5.41) is 5.06. The van der Waals surface area contributed by atoms with Gasteiger partial charge in [-0.05, 0) is 48.7 Å². The van der Waals surface area contributed by atoms with Crippen molar-refractivity contribution in [2.45, 2.75) is 26.3 Å². The fourth-order valence-electron chi connectivity index (χ4n) is 4.63. The average molecular weight is 427 g/mol. The lowest BCUT2D eigenvalue weighted by Crippen LogP contribution is -2.41. The second-order valence-electron chi connectivity index (χ2n) is 8.25. The Kier molecular flexibility index (Phi) is 5.35. The molecule has 0 unspecified atom stereocenters. The van der Waals surface area contributed by atoms with Crippen LogP contribution in [0.15, 0.2) is 66.7 Å². The van der Waals surface area contributed by atoms with E-state index >= 15 is 0 Å². The quantitative estimate of drug-likeness (QED) is 0.514. The molecule has 6 nitrogen and oxygen atoms in total. The molecule has 0 spiro atoms. The largest absolute Gasteiger partial charge is 0.339 e. The van der Waals surface area contributed by atoms with E-state index in [0.29, 0.717) is 31.9 Å². The van der Waals surface area contributed by atoms with Gasteiger partial charge in [-0.15, -0.1) is 0 Å². The van der Waals surface area contributed by atoms with Gasteiger partial charge in [0.25, 0.3) is 5.91 Å². The third kappa shape index (κ3) is 3.62. The highest BCUT2D eigenvalue weighted by Gasteiger charge is 2.29. The molecule has 1 aliphatic heterocycles. The Bertz CT molecular complexity index is 1300. The number of aryl methyl sites for hydroxylation is 1. The molecule has 2 amide bonds. The molecule has 1 N–H and O–H groups in total. The number of aromatic nitrogens is 2. The number of nitrogens with zero attached hydrogens (tertiary/aromatic N) is 3. The van der Waals surface area contributed by atoms with Crippen LogP contribution in [0.4, 0.5) is 5.95 Å². The number of carbonyl (C=O) groups excluding carboxylic acids is 2. The number of fused-ring (bicyclic) bond motifs is 2. The molecule has 1 aliphatic rings. The molecule has 2 heterocycles. The molecule has 3 aromatic carbocycles. The summed E-state index contributed by atoms with van der Waals surface area (Å²) >= 11 is 0. The van der Waals surface area contributed by atoms with Gasteiger partial charge in [0.15, 0.2) is 0 Å². The van der Waals surface area contributed by atoms with Crippen LogP contribution in [-0.2, 0) is 11.3 Å². The zero-order valence-corrected chi connectivity index (χ0v) is 18.1. The Morgan fingerprint density at radius 3 is 2.50 bits per heavy atom.